The summed E-state index contributed by atoms with van der Waals surface area (Å²) >= 11 is 0. The predicted octanol–water partition coefficient (Wildman–Crippen LogP) is 4.08. The van der Waals surface area contributed by atoms with Crippen LogP contribution >= 0.6 is 0 Å². The van der Waals surface area contributed by atoms with E-state index in [0.29, 0.717) is 35.5 Å². The number of ketones is 1. The van der Waals surface area contributed by atoms with Crippen LogP contribution in [0.2, 0.25) is 0 Å². The Morgan fingerprint density at radius 2 is 1.91 bits per heavy atom. The number of nitrogens with zero attached hydrogens (tertiary/aromatic N) is 5. The molecule has 6 rings (SSSR count). The number of alkyl halides is 3. The highest BCUT2D eigenvalue weighted by Crippen LogP contribution is 2.46. The van der Waals surface area contributed by atoms with E-state index in [1.54, 1.807) is 12.1 Å². The number of rotatable bonds is 6. The molecule has 3 aromatic heterocycles. The fourth-order valence-electron chi connectivity index (χ4n) is 5.50. The van der Waals surface area contributed by atoms with Gasteiger partial charge in [0.05, 0.1) is 18.3 Å². The molecular weight excluding hydrogens is 457 g/mol. The van der Waals surface area contributed by atoms with Crippen molar-refractivity contribution in [1.82, 2.24) is 19.7 Å². The van der Waals surface area contributed by atoms with Gasteiger partial charge >= 0.3 is 6.18 Å². The van der Waals surface area contributed by atoms with Crippen LogP contribution < -0.4 is 10.6 Å². The van der Waals surface area contributed by atoms with E-state index >= 15 is 0 Å². The maximum Gasteiger partial charge on any atom is 0.433 e. The first-order valence-corrected chi connectivity index (χ1v) is 11.9. The lowest BCUT2D eigenvalue weighted by molar-refractivity contribution is -0.141. The van der Waals surface area contributed by atoms with Crippen molar-refractivity contribution in [2.75, 3.05) is 23.7 Å². The van der Waals surface area contributed by atoms with E-state index in [9.17, 15) is 18.0 Å². The molecule has 3 atom stereocenters. The van der Waals surface area contributed by atoms with Crippen LogP contribution in [-0.4, -0.2) is 38.6 Å². The average Bonchev–Trinajstić information content (AvgIpc) is 3.17. The number of Topliss-reactive ketones (excluding diaryl/α,β-unsaturated/α-hetero) is 1. The minimum absolute atomic E-state index is 0.0288. The first kappa shape index (κ1) is 22.1. The third kappa shape index (κ3) is 4.26. The Labute approximate surface area is 200 Å². The summed E-state index contributed by atoms with van der Waals surface area (Å²) in [5.74, 6) is 1.99. The molecule has 3 aromatic rings. The zero-order valence-corrected chi connectivity index (χ0v) is 19.0. The molecular formula is C25H25F3N6O. The molecule has 0 bridgehead atoms. The molecule has 2 unspecified atom stereocenters. The lowest BCUT2D eigenvalue weighted by atomic mass is 9.95. The van der Waals surface area contributed by atoms with Crippen molar-refractivity contribution in [2.45, 2.75) is 44.3 Å². The second-order valence-electron chi connectivity index (χ2n) is 9.90. The largest absolute Gasteiger partial charge is 0.433 e. The molecule has 7 nitrogen and oxygen atoms in total. The number of carbonyl (C=O) groups excluding carboxylic acids is 1. The molecule has 2 aliphatic carbocycles. The fraction of sp³-hybridized carbons (Fsp3) is 0.440. The minimum Gasteiger partial charge on any atom is -0.384 e. The third-order valence-corrected chi connectivity index (χ3v) is 7.46. The van der Waals surface area contributed by atoms with Gasteiger partial charge in [-0.3, -0.25) is 9.48 Å². The molecule has 1 saturated heterocycles. The molecule has 0 amide bonds. The summed E-state index contributed by atoms with van der Waals surface area (Å²) in [6.07, 6.45) is 1.42. The Balaban J connectivity index is 1.17. The average molecular weight is 483 g/mol. The predicted molar refractivity (Wildman–Crippen MR) is 123 cm³/mol. The van der Waals surface area contributed by atoms with Crippen LogP contribution in [0.3, 0.4) is 0 Å². The van der Waals surface area contributed by atoms with Gasteiger partial charge in [0.1, 0.15) is 11.6 Å². The Hall–Kier alpha value is -3.43. The Bertz CT molecular complexity index is 1290. The summed E-state index contributed by atoms with van der Waals surface area (Å²) in [6.45, 7) is 1.43. The zero-order valence-electron chi connectivity index (χ0n) is 19.0. The van der Waals surface area contributed by atoms with Gasteiger partial charge in [0.15, 0.2) is 11.5 Å². The van der Waals surface area contributed by atoms with Crippen molar-refractivity contribution in [3.8, 4) is 0 Å². The SMILES string of the molecule is Nc1ccc2c(n1)CC[C@H]2CC(=O)c1cnn(Cc2ccc(N3CC4CC4C3)nc2C(F)(F)F)c1. The monoisotopic (exact) mass is 482 g/mol. The van der Waals surface area contributed by atoms with E-state index in [0.717, 1.165) is 37.2 Å². The molecule has 0 spiro atoms. The van der Waals surface area contributed by atoms with Gasteiger partial charge in [0.2, 0.25) is 0 Å². The number of carbonyl (C=O) groups is 1. The van der Waals surface area contributed by atoms with E-state index in [1.165, 1.54) is 29.6 Å². The van der Waals surface area contributed by atoms with Crippen LogP contribution in [0.25, 0.3) is 0 Å². The van der Waals surface area contributed by atoms with Crippen molar-refractivity contribution in [3.63, 3.8) is 0 Å². The summed E-state index contributed by atoms with van der Waals surface area (Å²) in [7, 11) is 0. The Kier molecular flexibility index (Phi) is 5.08. The molecule has 0 radical (unpaired) electrons. The number of aromatic nitrogens is 4. The number of nitrogen functional groups attached to an aromatic ring is 1. The van der Waals surface area contributed by atoms with Crippen LogP contribution in [0.1, 0.15) is 58.1 Å². The van der Waals surface area contributed by atoms with Gasteiger partial charge < -0.3 is 10.6 Å². The van der Waals surface area contributed by atoms with Crippen molar-refractivity contribution in [1.29, 1.82) is 0 Å². The summed E-state index contributed by atoms with van der Waals surface area (Å²) in [5, 5.41) is 4.16. The molecule has 0 aromatic carbocycles. The second-order valence-corrected chi connectivity index (χ2v) is 9.90. The zero-order chi connectivity index (χ0) is 24.3. The number of fused-ring (bicyclic) bond motifs is 2. The van der Waals surface area contributed by atoms with Gasteiger partial charge in [0.25, 0.3) is 0 Å². The van der Waals surface area contributed by atoms with Crippen molar-refractivity contribution in [2.24, 2.45) is 11.8 Å². The highest BCUT2D eigenvalue weighted by atomic mass is 19.4. The minimum atomic E-state index is -4.58. The topological polar surface area (TPSA) is 89.9 Å². The molecule has 1 saturated carbocycles. The number of nitrogens with two attached hydrogens (primary N) is 1. The third-order valence-electron chi connectivity index (χ3n) is 7.46. The first-order chi connectivity index (χ1) is 16.7. The Morgan fingerprint density at radius 1 is 1.11 bits per heavy atom. The van der Waals surface area contributed by atoms with Gasteiger partial charge in [-0.15, -0.1) is 0 Å². The van der Waals surface area contributed by atoms with Crippen LogP contribution in [0.4, 0.5) is 24.8 Å². The molecule has 4 heterocycles. The molecule has 35 heavy (non-hydrogen) atoms. The van der Waals surface area contributed by atoms with Gasteiger partial charge in [0, 0.05) is 37.0 Å². The van der Waals surface area contributed by atoms with Gasteiger partial charge in [-0.25, -0.2) is 9.97 Å². The molecule has 182 valence electrons. The lowest BCUT2D eigenvalue weighted by Gasteiger charge is -2.21. The van der Waals surface area contributed by atoms with Gasteiger partial charge in [-0.05, 0) is 54.7 Å². The number of halogens is 3. The highest BCUT2D eigenvalue weighted by molar-refractivity contribution is 5.96. The number of hydrogen-bond acceptors (Lipinski definition) is 6. The van der Waals surface area contributed by atoms with Crippen LogP contribution in [-0.2, 0) is 19.1 Å². The normalized spacial score (nSPS) is 22.8. The highest BCUT2D eigenvalue weighted by Gasteiger charge is 2.46. The van der Waals surface area contributed by atoms with Crippen LogP contribution in [0.15, 0.2) is 36.7 Å². The van der Waals surface area contributed by atoms with Crippen LogP contribution in [0.5, 0.6) is 0 Å². The molecule has 2 N–H and O–H groups in total. The number of anilines is 2. The van der Waals surface area contributed by atoms with E-state index in [2.05, 4.69) is 15.1 Å². The van der Waals surface area contributed by atoms with E-state index < -0.39 is 11.9 Å². The standard InChI is InChI=1S/C25H25F3N6O/c26-25(27,28)24-15(2-6-23(32-24)33-10-16-7-17(16)11-33)12-34-13-18(9-30-34)21(35)8-14-1-4-20-19(14)3-5-22(29)31-20/h2-3,5-6,9,13-14,16-17H,1,4,7-8,10-12H2,(H2,29,31)/t14-,16?,17?/m0/s1. The number of aryl methyl sites for hydroxylation is 1. The molecule has 10 heteroatoms. The molecule has 2 fully saturated rings. The number of pyridine rings is 2. The second kappa shape index (κ2) is 8.07. The summed E-state index contributed by atoms with van der Waals surface area (Å²) < 4.78 is 42.9. The van der Waals surface area contributed by atoms with Gasteiger partial charge in [-0.2, -0.15) is 18.3 Å². The van der Waals surface area contributed by atoms with E-state index in [-0.39, 0.29) is 23.8 Å². The van der Waals surface area contributed by atoms with Crippen molar-refractivity contribution < 1.29 is 18.0 Å². The van der Waals surface area contributed by atoms with E-state index in [1.807, 2.05) is 11.0 Å². The molecule has 3 aliphatic rings. The van der Waals surface area contributed by atoms with Crippen LogP contribution in [0, 0.1) is 11.8 Å². The number of piperidine rings is 1. The van der Waals surface area contributed by atoms with E-state index in [4.69, 9.17) is 5.73 Å². The summed E-state index contributed by atoms with van der Waals surface area (Å²) in [4.78, 5) is 23.2. The Morgan fingerprint density at radius 3 is 2.69 bits per heavy atom. The smallest absolute Gasteiger partial charge is 0.384 e. The fourth-order valence-corrected chi connectivity index (χ4v) is 5.50. The summed E-state index contributed by atoms with van der Waals surface area (Å²) in [5.41, 5.74) is 7.24. The van der Waals surface area contributed by atoms with Gasteiger partial charge in [-0.1, -0.05) is 12.1 Å². The van der Waals surface area contributed by atoms with Crippen molar-refractivity contribution in [3.05, 3.63) is 64.7 Å². The lowest BCUT2D eigenvalue weighted by Crippen LogP contribution is -2.25. The van der Waals surface area contributed by atoms with Crippen molar-refractivity contribution >= 4 is 17.4 Å². The maximum atomic E-state index is 13.8. The first-order valence-electron chi connectivity index (χ1n) is 11.9. The molecule has 1 aliphatic heterocycles. The quantitative estimate of drug-likeness (QED) is 0.533. The maximum absolute atomic E-state index is 13.8. The summed E-state index contributed by atoms with van der Waals surface area (Å²) in [6, 6.07) is 6.80. The number of hydrogen-bond donors (Lipinski definition) is 1.